The van der Waals surface area contributed by atoms with Gasteiger partial charge in [0.1, 0.15) is 62.0 Å². The molecule has 0 unspecified atom stereocenters. The van der Waals surface area contributed by atoms with Crippen molar-refractivity contribution in [2.75, 3.05) is 13.3 Å². The highest BCUT2D eigenvalue weighted by Gasteiger charge is 2.56. The zero-order valence-electron chi connectivity index (χ0n) is 78.4. The van der Waals surface area contributed by atoms with Gasteiger partial charge in [-0.3, -0.25) is 33.3 Å². The first kappa shape index (κ1) is 115. The second-order valence-corrected chi connectivity index (χ2v) is 37.2. The number of phosphoric acid groups is 1. The highest BCUT2D eigenvalue weighted by Crippen LogP contribution is 2.43. The van der Waals surface area contributed by atoms with Gasteiger partial charge in [-0.1, -0.05) is 401 Å². The number of hydrogen-bond donors (Lipinski definition) is 6. The molecule has 0 aliphatic carbocycles. The van der Waals surface area contributed by atoms with Gasteiger partial charge < -0.3 is 63.8 Å². The van der Waals surface area contributed by atoms with Crippen LogP contribution in [0.4, 0.5) is 4.39 Å². The summed E-state index contributed by atoms with van der Waals surface area (Å²) in [5, 5.41) is 28.9. The van der Waals surface area contributed by atoms with E-state index in [1.807, 2.05) is 0 Å². The minimum Gasteiger partial charge on any atom is -0.479 e. The van der Waals surface area contributed by atoms with Crippen LogP contribution in [0, 0.1) is 0 Å². The third-order valence-electron chi connectivity index (χ3n) is 24.5. The molecule has 2 heterocycles. The number of esters is 5. The monoisotopic (exact) mass is 1770 g/mol. The molecule has 2 saturated heterocycles. The van der Waals surface area contributed by atoms with Crippen molar-refractivity contribution in [3.8, 4) is 0 Å². The van der Waals surface area contributed by atoms with Gasteiger partial charge in [-0.25, -0.2) is 18.5 Å². The van der Waals surface area contributed by atoms with E-state index in [-0.39, 0.29) is 32.1 Å². The van der Waals surface area contributed by atoms with Crippen LogP contribution < -0.4 is 10.6 Å². The number of unbranched alkanes of at least 4 members (excludes halogenated alkanes) is 56. The van der Waals surface area contributed by atoms with Gasteiger partial charge in [0.05, 0.1) is 12.8 Å². The Morgan fingerprint density at radius 1 is 0.350 bits per heavy atom. The Bertz CT molecular complexity index is 2690. The largest absolute Gasteiger partial charge is 0.479 e. The van der Waals surface area contributed by atoms with E-state index in [0.717, 1.165) is 199 Å². The van der Waals surface area contributed by atoms with Crippen molar-refractivity contribution >= 4 is 55.5 Å². The maximum Gasteiger partial charge on any atom is 0.470 e. The highest BCUT2D eigenvalue weighted by molar-refractivity contribution is 7.46. The van der Waals surface area contributed by atoms with Crippen molar-refractivity contribution in [3.05, 3.63) is 0 Å². The Balaban J connectivity index is 2.68. The SMILES string of the molecule is CCCCCCCCCCCCCC(=O)N[C@@H]1[C@@H](OC(=O)C[C@@H](CCCCCCCCCCC)OC(=O)CCCCCCCCCCCCC)[C@H](O)[C@@H](COC(=O)[C@@H]2O[C@H](CF)[C@@H](OP(=O)(O)O)[C@H](OC(=O)C[C@@H](CCCCCCCCCCC)OC(=O)CCCCCCCCCCCCC)[C@H]2NC(=O)CCCCCCCCCCCCC)O[C@@H]1C(=O)O. The molecule has 720 valence electrons. The molecule has 2 rings (SSSR count). The smallest absolute Gasteiger partial charge is 0.470 e. The molecule has 0 bridgehead atoms. The third-order valence-corrected chi connectivity index (χ3v) is 25.0. The number of amides is 2. The summed E-state index contributed by atoms with van der Waals surface area (Å²) in [5.74, 6) is -7.54. The van der Waals surface area contributed by atoms with Crippen LogP contribution >= 0.6 is 7.82 Å². The van der Waals surface area contributed by atoms with Crippen LogP contribution in [0.15, 0.2) is 0 Å². The fourth-order valence-corrected chi connectivity index (χ4v) is 17.6. The Morgan fingerprint density at radius 2 is 0.618 bits per heavy atom. The van der Waals surface area contributed by atoms with Gasteiger partial charge in [0.15, 0.2) is 24.4 Å². The Labute approximate surface area is 744 Å². The van der Waals surface area contributed by atoms with Crippen molar-refractivity contribution in [3.63, 3.8) is 0 Å². The van der Waals surface area contributed by atoms with Gasteiger partial charge in [-0.15, -0.1) is 0 Å². The maximum absolute atomic E-state index is 15.8. The summed E-state index contributed by atoms with van der Waals surface area (Å²) < 4.78 is 76.3. The van der Waals surface area contributed by atoms with Gasteiger partial charge in [0.2, 0.25) is 11.8 Å². The number of halogens is 1. The van der Waals surface area contributed by atoms with E-state index in [1.165, 1.54) is 148 Å². The number of phosphoric ester groups is 1. The van der Waals surface area contributed by atoms with E-state index in [4.69, 9.17) is 37.7 Å². The molecule has 0 radical (unpaired) electrons. The number of hydrogen-bond acceptors (Lipinski definition) is 18. The molecule has 23 nitrogen and oxygen atoms in total. The highest BCUT2D eigenvalue weighted by atomic mass is 31.2. The lowest BCUT2D eigenvalue weighted by molar-refractivity contribution is -0.228. The van der Waals surface area contributed by atoms with Gasteiger partial charge in [0.25, 0.3) is 0 Å². The number of ether oxygens (including phenoxy) is 7. The Kier molecular flexibility index (Phi) is 72.4. The number of carbonyl (C=O) groups excluding carboxylic acids is 7. The Morgan fingerprint density at radius 3 is 0.911 bits per heavy atom. The number of aliphatic carboxylic acids is 1. The van der Waals surface area contributed by atoms with Gasteiger partial charge in [0, 0.05) is 25.7 Å². The molecule has 0 spiro atoms. The van der Waals surface area contributed by atoms with Crippen LogP contribution in [0.25, 0.3) is 0 Å². The van der Waals surface area contributed by atoms with Crippen molar-refractivity contribution in [1.29, 1.82) is 0 Å². The van der Waals surface area contributed by atoms with Crippen LogP contribution in [-0.2, 0) is 80.6 Å². The lowest BCUT2D eigenvalue weighted by Crippen LogP contribution is -2.68. The first-order chi connectivity index (χ1) is 59.7. The van der Waals surface area contributed by atoms with Crippen LogP contribution in [0.1, 0.15) is 491 Å². The zero-order valence-corrected chi connectivity index (χ0v) is 79.3. The molecule has 0 aromatic carbocycles. The lowest BCUT2D eigenvalue weighted by Gasteiger charge is -2.45. The summed E-state index contributed by atoms with van der Waals surface area (Å²) in [5.41, 5.74) is 0. The average molecular weight is 1770 g/mol. The van der Waals surface area contributed by atoms with Gasteiger partial charge in [-0.05, 0) is 51.4 Å². The maximum atomic E-state index is 15.8. The molecule has 25 heteroatoms. The number of carboxylic acids is 1. The molecule has 6 N–H and O–H groups in total. The zero-order chi connectivity index (χ0) is 90.0. The lowest BCUT2D eigenvalue weighted by atomic mass is 9.91. The number of carbonyl (C=O) groups is 8. The first-order valence-electron chi connectivity index (χ1n) is 50.7. The molecule has 2 aliphatic rings. The van der Waals surface area contributed by atoms with E-state index in [9.17, 15) is 58.1 Å². The van der Waals surface area contributed by atoms with E-state index in [0.29, 0.717) is 57.8 Å². The predicted molar refractivity (Wildman–Crippen MR) is 485 cm³/mol. The standard InChI is InChI=1S/C98H180FN2O21P/c1-7-13-19-25-31-37-41-47-53-59-65-71-83(102)100-89-93(120-87(106)75-79(69-63-57-51-45-35-29-23-17-11-5)116-85(104)73-67-61-55-49-43-39-33-27-21-15-9-3)91(108)82(119-95(89)97(109)110)78-115-98(111)96-90(101-84(103)72-66-60-54-48-42-38-32-26-20-14-8-2)94(92(81(77-99)118-96)122-123(112,113)114)121-88(107)76-80(70-64-58-52-46-36-30-24-18-12-6)117-86(105)74-68-62-56-50-44-40-34-28-22-16-10-4/h79-82,89-96,108H,7-78H2,1-6H3,(H,100,102)(H,101,103)(H,109,110)(H2,112,113,114)/t79-,80-,81-,82-,89-,90-,91-,92-,93-,94-,95+,96-/m1/s1. The molecule has 2 fully saturated rings. The van der Waals surface area contributed by atoms with Gasteiger partial charge >= 0.3 is 43.6 Å². The van der Waals surface area contributed by atoms with Crippen molar-refractivity contribution in [2.45, 2.75) is 564 Å². The molecular weight excluding hydrogens is 1590 g/mol. The molecule has 2 amide bonds. The van der Waals surface area contributed by atoms with Crippen LogP contribution in [0.3, 0.4) is 0 Å². The van der Waals surface area contributed by atoms with Crippen LogP contribution in [0.5, 0.6) is 0 Å². The van der Waals surface area contributed by atoms with E-state index >= 15 is 9.18 Å². The summed E-state index contributed by atoms with van der Waals surface area (Å²) in [4.78, 5) is 135. The third kappa shape index (κ3) is 60.2. The fraction of sp³-hybridized carbons (Fsp3) is 0.918. The van der Waals surface area contributed by atoms with Crippen molar-refractivity contribution in [2.24, 2.45) is 0 Å². The number of alkyl halides is 1. The number of aliphatic hydroxyl groups excluding tert-OH is 1. The molecule has 0 saturated carbocycles. The molecule has 0 aromatic rings. The second kappa shape index (κ2) is 77.6. The van der Waals surface area contributed by atoms with Crippen LogP contribution in [0.2, 0.25) is 0 Å². The Hall–Kier alpha value is -4.32. The van der Waals surface area contributed by atoms with E-state index < -0.39 is 155 Å². The first-order valence-corrected chi connectivity index (χ1v) is 52.2. The fourth-order valence-electron chi connectivity index (χ4n) is 17.0. The normalized spacial score (nSPS) is 19.6. The molecule has 12 atom stereocenters. The molecule has 123 heavy (non-hydrogen) atoms. The summed E-state index contributed by atoms with van der Waals surface area (Å²) in [6, 6.07) is -3.68. The summed E-state index contributed by atoms with van der Waals surface area (Å²) in [7, 11) is -5.67. The number of nitrogens with one attached hydrogen (secondary N) is 2. The number of carboxylic acid groups (broad SMARTS) is 1. The minimum atomic E-state index is -5.67. The number of aliphatic hydroxyl groups is 1. The van der Waals surface area contributed by atoms with Crippen LogP contribution in [-0.4, -0.2) is 154 Å². The minimum absolute atomic E-state index is 0.0465. The summed E-state index contributed by atoms with van der Waals surface area (Å²) in [6.07, 6.45) is 44.5. The topological polar surface area (TPSA) is 332 Å². The van der Waals surface area contributed by atoms with E-state index in [1.54, 1.807) is 0 Å². The predicted octanol–water partition coefficient (Wildman–Crippen LogP) is 24.0. The molecule has 0 aromatic heterocycles. The quantitative estimate of drug-likeness (QED) is 0.0143. The van der Waals surface area contributed by atoms with Crippen molar-refractivity contribution < 1.29 is 105 Å². The number of rotatable bonds is 85. The molecule has 2 aliphatic heterocycles. The van der Waals surface area contributed by atoms with Crippen molar-refractivity contribution in [1.82, 2.24) is 10.6 Å². The summed E-state index contributed by atoms with van der Waals surface area (Å²) >= 11 is 0. The molecular formula is C98H180FN2O21P. The van der Waals surface area contributed by atoms with E-state index in [2.05, 4.69) is 52.2 Å². The average Bonchev–Trinajstić information content (AvgIpc) is 0.772. The van der Waals surface area contributed by atoms with Gasteiger partial charge in [-0.2, -0.15) is 0 Å². The summed E-state index contributed by atoms with van der Waals surface area (Å²) in [6.45, 7) is 10.5. The second-order valence-electron chi connectivity index (χ2n) is 36.0.